The number of hydrogen-bond acceptors (Lipinski definition) is 28. The maximum absolute atomic E-state index is 14.8. The van der Waals surface area contributed by atoms with Crippen LogP contribution in [0.3, 0.4) is 0 Å². The predicted octanol–water partition coefficient (Wildman–Crippen LogP) is -7.26. The fourth-order valence-electron chi connectivity index (χ4n) is 15.4. The Hall–Kier alpha value is -12.8. The van der Waals surface area contributed by atoms with Crippen molar-refractivity contribution in [3.8, 4) is 5.75 Å². The van der Waals surface area contributed by atoms with E-state index < -0.39 is 296 Å². The molecule has 0 saturated carbocycles. The number of phenolic OH excluding ortho intramolecular Hbond substituents is 1. The molecule has 0 aliphatic carbocycles. The Labute approximate surface area is 819 Å². The summed E-state index contributed by atoms with van der Waals surface area (Å²) in [6.45, 7) is 19.4. The van der Waals surface area contributed by atoms with Crippen molar-refractivity contribution < 1.29 is 131 Å². The van der Waals surface area contributed by atoms with Crippen LogP contribution in [-0.2, 0) is 112 Å². The molecule has 2 saturated heterocycles. The lowest BCUT2D eigenvalue weighted by molar-refractivity contribution is -0.146. The molecule has 3 rings (SSSR count). The largest absolute Gasteiger partial charge is 0.508 e. The standard InChI is InChI=1S/C91H151N23O27/c1-15-49(10)73(111-83(132)61(38-47(6)7)106-82(131)59(36-45(2)3)105-80(129)57(23-17-19-33-93)103-85(134)65-24-20-34-113(65)89(138)52(13)100-78(127)56(22-16-18-32-92)101-68(119)41-94)87(136)108-62(39-54-26-28-55(117)29-27-54)77(126)97-42-69(120)98-51(12)76(125)104-63(40-67(95)118)84(133)112-74(53(14)116)88(137)107-60(37-46(4)5)81(130)102-58(30-31-71(122)123)79(128)99-50(11)75(124)96-43-70(121)110-72(48(8)9)90(139)114-35-21-25-66(114)86(135)109-64(44-115)91(140)141/h26-29,45-53,56-66,72-74,115-117H,15-25,30-44,92-94H2,1-14H3,(H2,95,118)(H,96,124)(H,97,126)(H,98,120)(H,99,128)(H,100,127)(H,101,119)(H,102,130)(H,103,134)(H,104,125)(H,105,129)(H,106,131)(H,107,137)(H,108,136)(H,109,135)(H,110,121)(H,111,132)(H,112,133)(H,122,123)(H,140,141)/t49-,50-,51-,52-,53+,56-,57-,58-,59-,60-,61-,62-,63-,64-,65-,66-,72-,73-,74-/m0/s1. The smallest absolute Gasteiger partial charge is 0.328 e. The number of nitrogens with zero attached hydrogens (tertiary/aromatic N) is 2. The highest BCUT2D eigenvalue weighted by Gasteiger charge is 2.44. The van der Waals surface area contributed by atoms with Crippen molar-refractivity contribution in [3.05, 3.63) is 29.8 Å². The zero-order valence-electron chi connectivity index (χ0n) is 82.9. The highest BCUT2D eigenvalue weighted by Crippen LogP contribution is 2.24. The molecule has 19 atom stereocenters. The van der Waals surface area contributed by atoms with E-state index in [-0.39, 0.29) is 102 Å². The van der Waals surface area contributed by atoms with Gasteiger partial charge in [-0.25, -0.2) is 4.79 Å². The molecule has 1 aromatic rings. The number of benzene rings is 1. The molecule has 2 heterocycles. The Morgan fingerprint density at radius 1 is 0.404 bits per heavy atom. The molecule has 20 amide bonds. The van der Waals surface area contributed by atoms with E-state index in [1.165, 1.54) is 43.0 Å². The Balaban J connectivity index is 1.79. The monoisotopic (exact) mass is 2000 g/mol. The quantitative estimate of drug-likeness (QED) is 0.0269. The van der Waals surface area contributed by atoms with Crippen LogP contribution < -0.4 is 113 Å². The maximum Gasteiger partial charge on any atom is 0.328 e. The number of primary amides is 1. The van der Waals surface area contributed by atoms with Crippen molar-refractivity contribution in [3.63, 3.8) is 0 Å². The average molecular weight is 2000 g/mol. The first-order valence-electron chi connectivity index (χ1n) is 47.8. The SMILES string of the molecule is CC[C@H](C)[C@H](NC(=O)[C@H](CC(C)C)NC(=O)[C@H](CC(C)C)NC(=O)[C@H](CCCCN)NC(=O)[C@@H]1CCCN1C(=O)[C@H](C)NC(=O)[C@H](CCCCN)NC(=O)CN)C(=O)N[C@@H](Cc1ccc(O)cc1)C(=O)NCC(=O)N[C@@H](C)C(=O)N[C@@H](CC(N)=O)C(=O)N[C@H](C(=O)N[C@@H](CC(C)C)C(=O)N[C@@H](CCC(=O)O)C(=O)N[C@@H](C)C(=O)NCC(=O)N[C@H](C(=O)N1CCC[C@H]1C(=O)N[C@@H](CO)C(=O)O)C(C)C)[C@@H](C)O. The number of hydrogen-bond donors (Lipinski definition) is 26. The number of aliphatic carboxylic acids is 2. The van der Waals surface area contributed by atoms with E-state index in [1.54, 1.807) is 69.2 Å². The van der Waals surface area contributed by atoms with Gasteiger partial charge in [-0.15, -0.1) is 0 Å². The minimum absolute atomic E-state index is 0.0119. The summed E-state index contributed by atoms with van der Waals surface area (Å²) in [6.07, 6.45) is -1.24. The first kappa shape index (κ1) is 122. The van der Waals surface area contributed by atoms with E-state index >= 15 is 0 Å². The molecule has 1 aromatic carbocycles. The minimum atomic E-state index is -2.01. The number of nitrogens with two attached hydrogens (primary N) is 4. The van der Waals surface area contributed by atoms with Crippen molar-refractivity contribution >= 4 is 130 Å². The second-order valence-electron chi connectivity index (χ2n) is 37.2. The molecule has 0 bridgehead atoms. The minimum Gasteiger partial charge on any atom is -0.508 e. The number of unbranched alkanes of at least 4 members (excludes halogenated alkanes) is 2. The second-order valence-corrected chi connectivity index (χ2v) is 37.2. The number of nitrogens with one attached hydrogen (secondary N) is 17. The molecule has 30 N–H and O–H groups in total. The summed E-state index contributed by atoms with van der Waals surface area (Å²) in [4.78, 5) is 303. The number of aliphatic hydroxyl groups is 2. The predicted molar refractivity (Wildman–Crippen MR) is 508 cm³/mol. The summed E-state index contributed by atoms with van der Waals surface area (Å²) in [5.41, 5.74) is 22.8. The van der Waals surface area contributed by atoms with Gasteiger partial charge in [0.15, 0.2) is 0 Å². The fraction of sp³-hybridized carbons (Fsp3) is 0.692. The van der Waals surface area contributed by atoms with Crippen LogP contribution in [0.15, 0.2) is 24.3 Å². The number of phenols is 1. The van der Waals surface area contributed by atoms with Crippen molar-refractivity contribution in [2.75, 3.05) is 52.4 Å². The topological polar surface area (TPSA) is 792 Å². The lowest BCUT2D eigenvalue weighted by Gasteiger charge is -2.31. The van der Waals surface area contributed by atoms with Crippen molar-refractivity contribution in [2.45, 2.75) is 321 Å². The highest BCUT2D eigenvalue weighted by atomic mass is 16.4. The molecule has 0 radical (unpaired) electrons. The molecule has 2 fully saturated rings. The third kappa shape index (κ3) is 42.6. The van der Waals surface area contributed by atoms with E-state index in [1.807, 2.05) is 0 Å². The number of rotatable bonds is 63. The molecule has 2 aliphatic heterocycles. The summed E-state index contributed by atoms with van der Waals surface area (Å²) in [5.74, 6) is -23.9. The van der Waals surface area contributed by atoms with Gasteiger partial charge in [0.2, 0.25) is 118 Å². The molecule has 141 heavy (non-hydrogen) atoms. The van der Waals surface area contributed by atoms with Gasteiger partial charge in [-0.3, -0.25) is 101 Å². The average Bonchev–Trinajstić information content (AvgIpc) is 1.73. The molecule has 50 nitrogen and oxygen atoms in total. The highest BCUT2D eigenvalue weighted by molar-refractivity contribution is 6.02. The van der Waals surface area contributed by atoms with E-state index in [0.717, 1.165) is 18.7 Å². The van der Waals surface area contributed by atoms with Crippen molar-refractivity contribution in [1.82, 2.24) is 100 Å². The number of amides is 20. The Bertz CT molecular complexity index is 4450. The molecular weight excluding hydrogens is 1850 g/mol. The van der Waals surface area contributed by atoms with Crippen LogP contribution in [0.2, 0.25) is 0 Å². The molecule has 0 unspecified atom stereocenters. The number of aliphatic hydroxyl groups excluding tert-OH is 2. The van der Waals surface area contributed by atoms with Gasteiger partial charge < -0.3 is 149 Å². The Morgan fingerprint density at radius 2 is 0.809 bits per heavy atom. The fourth-order valence-corrected chi connectivity index (χ4v) is 15.4. The number of carboxylic acid groups (broad SMARTS) is 2. The molecule has 2 aliphatic rings. The van der Waals surface area contributed by atoms with Crippen LogP contribution in [0, 0.1) is 29.6 Å². The zero-order valence-corrected chi connectivity index (χ0v) is 82.9. The van der Waals surface area contributed by atoms with Crippen LogP contribution >= 0.6 is 0 Å². The number of carbonyl (C=O) groups is 22. The van der Waals surface area contributed by atoms with Crippen LogP contribution in [0.1, 0.15) is 212 Å². The summed E-state index contributed by atoms with van der Waals surface area (Å²) in [5, 5.41) is 91.6. The van der Waals surface area contributed by atoms with E-state index in [2.05, 4.69) is 90.4 Å². The van der Waals surface area contributed by atoms with Gasteiger partial charge >= 0.3 is 11.9 Å². The van der Waals surface area contributed by atoms with Gasteiger partial charge in [-0.05, 0) is 178 Å². The van der Waals surface area contributed by atoms with Crippen LogP contribution in [0.4, 0.5) is 0 Å². The van der Waals surface area contributed by atoms with Gasteiger partial charge in [-0.2, -0.15) is 0 Å². The molecular formula is C91H151N23O27. The van der Waals surface area contributed by atoms with Crippen molar-refractivity contribution in [2.24, 2.45) is 52.5 Å². The summed E-state index contributed by atoms with van der Waals surface area (Å²) in [6, 6.07) is -19.2. The first-order valence-corrected chi connectivity index (χ1v) is 47.8. The van der Waals surface area contributed by atoms with Gasteiger partial charge in [0.1, 0.15) is 108 Å². The van der Waals surface area contributed by atoms with Crippen LogP contribution in [0.5, 0.6) is 5.75 Å². The van der Waals surface area contributed by atoms with E-state index in [9.17, 15) is 131 Å². The Kier molecular flexibility index (Phi) is 53.5. The lowest BCUT2D eigenvalue weighted by Crippen LogP contribution is -2.62. The Morgan fingerprint density at radius 3 is 1.27 bits per heavy atom. The molecule has 50 heteroatoms. The third-order valence-corrected chi connectivity index (χ3v) is 23.4. The summed E-state index contributed by atoms with van der Waals surface area (Å²) < 4.78 is 0. The maximum atomic E-state index is 14.8. The van der Waals surface area contributed by atoms with Crippen molar-refractivity contribution in [1.29, 1.82) is 0 Å². The number of aromatic hydroxyl groups is 1. The van der Waals surface area contributed by atoms with Gasteiger partial charge in [-0.1, -0.05) is 87.8 Å². The summed E-state index contributed by atoms with van der Waals surface area (Å²) >= 11 is 0. The molecule has 0 spiro atoms. The molecule has 0 aromatic heterocycles. The van der Waals surface area contributed by atoms with Gasteiger partial charge in [0, 0.05) is 25.9 Å². The van der Waals surface area contributed by atoms with E-state index in [0.29, 0.717) is 50.6 Å². The first-order chi connectivity index (χ1) is 66.2. The number of carboxylic acids is 2. The zero-order chi connectivity index (χ0) is 107. The van der Waals surface area contributed by atoms with Crippen LogP contribution in [0.25, 0.3) is 0 Å². The third-order valence-electron chi connectivity index (χ3n) is 23.4. The van der Waals surface area contributed by atoms with E-state index in [4.69, 9.17) is 22.9 Å². The second kappa shape index (κ2) is 61.7. The number of carbonyl (C=O) groups excluding carboxylic acids is 20. The number of likely N-dealkylation sites (tertiary alicyclic amines) is 2. The normalized spacial score (nSPS) is 17.1. The van der Waals surface area contributed by atoms with Gasteiger partial charge in [0.25, 0.3) is 0 Å². The molecule has 792 valence electrons. The van der Waals surface area contributed by atoms with Gasteiger partial charge in [0.05, 0.1) is 38.8 Å². The lowest BCUT2D eigenvalue weighted by atomic mass is 9.95. The summed E-state index contributed by atoms with van der Waals surface area (Å²) in [7, 11) is 0. The van der Waals surface area contributed by atoms with Crippen LogP contribution in [-0.4, -0.2) is 327 Å².